The van der Waals surface area contributed by atoms with Crippen molar-refractivity contribution < 1.29 is 14.3 Å². The van der Waals surface area contributed by atoms with E-state index in [9.17, 15) is 9.59 Å². The fraction of sp³-hybridized carbons (Fsp3) is 0.417. The van der Waals surface area contributed by atoms with Crippen LogP contribution in [0.2, 0.25) is 0 Å². The van der Waals surface area contributed by atoms with E-state index in [1.807, 2.05) is 19.1 Å². The molecule has 0 fully saturated rings. The highest BCUT2D eigenvalue weighted by atomic mass is 16.5. The van der Waals surface area contributed by atoms with Crippen molar-refractivity contribution in [3.8, 4) is 5.75 Å². The highest BCUT2D eigenvalue weighted by molar-refractivity contribution is 6.06. The van der Waals surface area contributed by atoms with E-state index >= 15 is 0 Å². The maximum Gasteiger partial charge on any atom is 0.253 e. The lowest BCUT2D eigenvalue weighted by Crippen LogP contribution is -2.33. The monoisotopic (exact) mass is 422 g/mol. The van der Waals surface area contributed by atoms with Crippen LogP contribution in [0.25, 0.3) is 0 Å². The molecule has 7 nitrogen and oxygen atoms in total. The minimum atomic E-state index is -0.158. The number of fused-ring (bicyclic) bond motifs is 2. The van der Waals surface area contributed by atoms with Crippen molar-refractivity contribution in [2.45, 2.75) is 26.2 Å². The first-order valence-electron chi connectivity index (χ1n) is 10.9. The molecule has 2 heterocycles. The van der Waals surface area contributed by atoms with E-state index in [1.165, 1.54) is 11.3 Å². The number of amides is 2. The van der Waals surface area contributed by atoms with E-state index < -0.39 is 0 Å². The van der Waals surface area contributed by atoms with Crippen LogP contribution in [0.15, 0.2) is 36.4 Å². The van der Waals surface area contributed by atoms with Crippen molar-refractivity contribution in [1.29, 1.82) is 0 Å². The summed E-state index contributed by atoms with van der Waals surface area (Å²) in [6.45, 7) is 4.84. The SMILES string of the molecule is COc1ccc2c(c1)N(CCCNC(=O)c1cccc3c1NCC(C)C(=O)N3)CCC2. The van der Waals surface area contributed by atoms with Gasteiger partial charge >= 0.3 is 0 Å². The number of carbonyl (C=O) groups excluding carboxylic acids is 2. The van der Waals surface area contributed by atoms with E-state index in [2.05, 4.69) is 33.0 Å². The second kappa shape index (κ2) is 9.29. The van der Waals surface area contributed by atoms with Crippen LogP contribution in [0.4, 0.5) is 17.1 Å². The van der Waals surface area contributed by atoms with E-state index in [4.69, 9.17) is 4.74 Å². The van der Waals surface area contributed by atoms with Crippen LogP contribution in [-0.2, 0) is 11.2 Å². The summed E-state index contributed by atoms with van der Waals surface area (Å²) in [7, 11) is 1.69. The molecule has 1 unspecified atom stereocenters. The number of nitrogens with one attached hydrogen (secondary N) is 3. The molecule has 2 amide bonds. The van der Waals surface area contributed by atoms with Gasteiger partial charge in [0, 0.05) is 37.9 Å². The number of hydrogen-bond acceptors (Lipinski definition) is 5. The van der Waals surface area contributed by atoms with Gasteiger partial charge in [-0.15, -0.1) is 0 Å². The highest BCUT2D eigenvalue weighted by Crippen LogP contribution is 2.31. The first-order valence-corrected chi connectivity index (χ1v) is 10.9. The van der Waals surface area contributed by atoms with Gasteiger partial charge in [0.25, 0.3) is 5.91 Å². The molecular weight excluding hydrogens is 392 g/mol. The molecule has 0 aliphatic carbocycles. The van der Waals surface area contributed by atoms with Crippen molar-refractivity contribution in [2.75, 3.05) is 48.8 Å². The van der Waals surface area contributed by atoms with E-state index in [-0.39, 0.29) is 17.7 Å². The number of anilines is 3. The number of aryl methyl sites for hydroxylation is 1. The molecule has 0 aromatic heterocycles. The van der Waals surface area contributed by atoms with Crippen LogP contribution in [0, 0.1) is 5.92 Å². The van der Waals surface area contributed by atoms with Crippen molar-refractivity contribution in [3.05, 3.63) is 47.5 Å². The van der Waals surface area contributed by atoms with Crippen LogP contribution in [0.5, 0.6) is 5.75 Å². The number of carbonyl (C=O) groups is 2. The van der Waals surface area contributed by atoms with Gasteiger partial charge < -0.3 is 25.6 Å². The Bertz CT molecular complexity index is 975. The molecule has 0 spiro atoms. The third-order valence-electron chi connectivity index (χ3n) is 6.00. The molecular formula is C24H30N4O3. The molecule has 1 atom stereocenters. The smallest absolute Gasteiger partial charge is 0.253 e. The number of rotatable bonds is 6. The average molecular weight is 423 g/mol. The lowest BCUT2D eigenvalue weighted by atomic mass is 10.0. The second-order valence-electron chi connectivity index (χ2n) is 8.19. The molecule has 2 aliphatic heterocycles. The number of nitrogens with zero attached hydrogens (tertiary/aromatic N) is 1. The minimum absolute atomic E-state index is 0.0396. The maximum atomic E-state index is 12.8. The summed E-state index contributed by atoms with van der Waals surface area (Å²) in [5.41, 5.74) is 4.49. The molecule has 31 heavy (non-hydrogen) atoms. The Balaban J connectivity index is 1.35. The van der Waals surface area contributed by atoms with Gasteiger partial charge in [-0.1, -0.05) is 19.1 Å². The Labute approximate surface area is 183 Å². The lowest BCUT2D eigenvalue weighted by Gasteiger charge is -2.31. The Morgan fingerprint density at radius 1 is 1.29 bits per heavy atom. The second-order valence-corrected chi connectivity index (χ2v) is 8.19. The number of benzene rings is 2. The average Bonchev–Trinajstić information content (AvgIpc) is 2.94. The fourth-order valence-electron chi connectivity index (χ4n) is 4.20. The summed E-state index contributed by atoms with van der Waals surface area (Å²) < 4.78 is 5.39. The fourth-order valence-corrected chi connectivity index (χ4v) is 4.20. The first kappa shape index (κ1) is 21.0. The Morgan fingerprint density at radius 2 is 2.16 bits per heavy atom. The van der Waals surface area contributed by atoms with Crippen molar-refractivity contribution in [3.63, 3.8) is 0 Å². The molecule has 7 heteroatoms. The van der Waals surface area contributed by atoms with Gasteiger partial charge in [-0.05, 0) is 43.0 Å². The Morgan fingerprint density at radius 3 is 3.00 bits per heavy atom. The van der Waals surface area contributed by atoms with Crippen LogP contribution in [-0.4, -0.2) is 45.1 Å². The molecule has 0 radical (unpaired) electrons. The Hall–Kier alpha value is -3.22. The molecule has 0 saturated heterocycles. The number of para-hydroxylation sites is 1. The number of ether oxygens (including phenoxy) is 1. The lowest BCUT2D eigenvalue weighted by molar-refractivity contribution is -0.118. The van der Waals surface area contributed by atoms with Crippen LogP contribution in [0.3, 0.4) is 0 Å². The molecule has 0 bridgehead atoms. The first-order chi connectivity index (χ1) is 15.1. The highest BCUT2D eigenvalue weighted by Gasteiger charge is 2.23. The van der Waals surface area contributed by atoms with Gasteiger partial charge in [0.05, 0.1) is 30.0 Å². The van der Waals surface area contributed by atoms with Gasteiger partial charge in [-0.2, -0.15) is 0 Å². The molecule has 0 saturated carbocycles. The van der Waals surface area contributed by atoms with E-state index in [1.54, 1.807) is 19.2 Å². The number of hydrogen-bond donors (Lipinski definition) is 3. The quantitative estimate of drug-likeness (QED) is 0.623. The zero-order valence-corrected chi connectivity index (χ0v) is 18.2. The molecule has 2 aromatic rings. The van der Waals surface area contributed by atoms with Gasteiger partial charge in [0.15, 0.2) is 0 Å². The molecule has 2 aliphatic rings. The maximum absolute atomic E-state index is 12.8. The summed E-state index contributed by atoms with van der Waals surface area (Å²) in [5.74, 6) is 0.545. The summed E-state index contributed by atoms with van der Waals surface area (Å²) in [4.78, 5) is 27.3. The predicted octanol–water partition coefficient (Wildman–Crippen LogP) is 3.27. The van der Waals surface area contributed by atoms with Gasteiger partial charge in [-0.3, -0.25) is 9.59 Å². The van der Waals surface area contributed by atoms with Crippen molar-refractivity contribution in [1.82, 2.24) is 5.32 Å². The minimum Gasteiger partial charge on any atom is -0.497 e. The third-order valence-corrected chi connectivity index (χ3v) is 6.00. The summed E-state index contributed by atoms with van der Waals surface area (Å²) in [6, 6.07) is 11.7. The Kier molecular flexibility index (Phi) is 6.30. The summed E-state index contributed by atoms with van der Waals surface area (Å²) in [5, 5.41) is 9.19. The molecule has 2 aromatic carbocycles. The van der Waals surface area contributed by atoms with Crippen molar-refractivity contribution in [2.24, 2.45) is 5.92 Å². The van der Waals surface area contributed by atoms with Crippen LogP contribution < -0.4 is 25.6 Å². The zero-order valence-electron chi connectivity index (χ0n) is 18.2. The molecule has 3 N–H and O–H groups in total. The predicted molar refractivity (Wildman–Crippen MR) is 123 cm³/mol. The standard InChI is InChI=1S/C24H30N4O3/c1-16-15-26-22-19(7-3-8-20(22)27-23(16)29)24(30)25-11-5-13-28-12-4-6-17-9-10-18(31-2)14-21(17)28/h3,7-10,14,16,26H,4-6,11-13,15H2,1-2H3,(H,25,30)(H,27,29). The molecule has 164 valence electrons. The van der Waals surface area contributed by atoms with Gasteiger partial charge in [0.1, 0.15) is 5.75 Å². The normalized spacial score (nSPS) is 17.5. The largest absolute Gasteiger partial charge is 0.497 e. The van der Waals surface area contributed by atoms with E-state index in [0.717, 1.165) is 38.1 Å². The third kappa shape index (κ3) is 4.60. The van der Waals surface area contributed by atoms with E-state index in [0.29, 0.717) is 30.0 Å². The number of methoxy groups -OCH3 is 1. The molecule has 4 rings (SSSR count). The van der Waals surface area contributed by atoms with Crippen LogP contribution in [0.1, 0.15) is 35.7 Å². The van der Waals surface area contributed by atoms with Crippen LogP contribution >= 0.6 is 0 Å². The summed E-state index contributed by atoms with van der Waals surface area (Å²) >= 11 is 0. The van der Waals surface area contributed by atoms with Gasteiger partial charge in [-0.25, -0.2) is 0 Å². The summed E-state index contributed by atoms with van der Waals surface area (Å²) in [6.07, 6.45) is 3.07. The zero-order chi connectivity index (χ0) is 21.8. The van der Waals surface area contributed by atoms with Crippen molar-refractivity contribution >= 4 is 28.9 Å². The van der Waals surface area contributed by atoms with Gasteiger partial charge in [0.2, 0.25) is 5.91 Å². The topological polar surface area (TPSA) is 82.7 Å².